The van der Waals surface area contributed by atoms with Crippen molar-refractivity contribution in [3.8, 4) is 5.75 Å². The number of carbonyl (C=O) groups is 3. The van der Waals surface area contributed by atoms with Crippen LogP contribution in [0.15, 0.2) is 16.6 Å². The molecule has 0 spiro atoms. The first-order valence-electron chi connectivity index (χ1n) is 7.66. The molecule has 24 heavy (non-hydrogen) atoms. The summed E-state index contributed by atoms with van der Waals surface area (Å²) >= 11 is 3.36. The van der Waals surface area contributed by atoms with Crippen molar-refractivity contribution >= 4 is 39.4 Å². The molecule has 1 aliphatic heterocycles. The Morgan fingerprint density at radius 2 is 2.17 bits per heavy atom. The lowest BCUT2D eigenvalue weighted by Gasteiger charge is -2.26. The molecule has 2 amide bonds. The minimum atomic E-state index is -0.927. The van der Waals surface area contributed by atoms with Gasteiger partial charge in [-0.25, -0.2) is 0 Å². The van der Waals surface area contributed by atoms with E-state index in [-0.39, 0.29) is 31.0 Å². The fourth-order valence-electron chi connectivity index (χ4n) is 2.58. The summed E-state index contributed by atoms with van der Waals surface area (Å²) in [5.74, 6) is -1.61. The molecule has 0 aromatic heterocycles. The highest BCUT2D eigenvalue weighted by molar-refractivity contribution is 9.10. The third-order valence-electron chi connectivity index (χ3n) is 4.07. The Labute approximate surface area is 147 Å². The van der Waals surface area contributed by atoms with Crippen LogP contribution < -0.4 is 10.1 Å². The number of carbonyl (C=O) groups excluding carboxylic acids is 2. The molecule has 1 heterocycles. The highest BCUT2D eigenvalue weighted by Gasteiger charge is 2.36. The van der Waals surface area contributed by atoms with Crippen molar-refractivity contribution in [2.45, 2.75) is 25.8 Å². The summed E-state index contributed by atoms with van der Waals surface area (Å²) in [5.41, 5.74) is 0.904. The fourth-order valence-corrected chi connectivity index (χ4v) is 3.09. The van der Waals surface area contributed by atoms with Gasteiger partial charge in [0.2, 0.25) is 0 Å². The number of halogens is 1. The molecule has 2 aliphatic rings. The second kappa shape index (κ2) is 6.43. The van der Waals surface area contributed by atoms with E-state index in [0.717, 1.165) is 12.8 Å². The summed E-state index contributed by atoms with van der Waals surface area (Å²) in [5, 5.41) is 11.8. The standard InChI is InChI=1S/C16H17BrN2O5/c1-8(16(22)23)6-19(9-2-3-9)15(21)10-4-13-12(5-11(10)17)18-14(20)7-24-13/h4-5,8-9H,2-3,6-7H2,1H3,(H,18,20)(H,22,23). The second-order valence-corrected chi connectivity index (χ2v) is 6.95. The normalized spacial score (nSPS) is 17.3. The molecule has 1 aromatic carbocycles. The predicted molar refractivity (Wildman–Crippen MR) is 89.1 cm³/mol. The third-order valence-corrected chi connectivity index (χ3v) is 4.73. The molecule has 1 atom stereocenters. The maximum atomic E-state index is 12.9. The number of hydrogen-bond donors (Lipinski definition) is 2. The number of aliphatic carboxylic acids is 1. The van der Waals surface area contributed by atoms with Crippen molar-refractivity contribution in [2.75, 3.05) is 18.5 Å². The van der Waals surface area contributed by atoms with E-state index in [1.165, 1.54) is 0 Å². The Morgan fingerprint density at radius 1 is 1.46 bits per heavy atom. The Morgan fingerprint density at radius 3 is 2.79 bits per heavy atom. The zero-order chi connectivity index (χ0) is 17.4. The van der Waals surface area contributed by atoms with E-state index in [1.54, 1.807) is 24.0 Å². The second-order valence-electron chi connectivity index (χ2n) is 6.09. The lowest BCUT2D eigenvalue weighted by atomic mass is 10.1. The molecule has 128 valence electrons. The third kappa shape index (κ3) is 3.38. The van der Waals surface area contributed by atoms with Gasteiger partial charge in [0.15, 0.2) is 6.61 Å². The maximum absolute atomic E-state index is 12.9. The highest BCUT2D eigenvalue weighted by atomic mass is 79.9. The molecule has 0 radical (unpaired) electrons. The van der Waals surface area contributed by atoms with Crippen LogP contribution >= 0.6 is 15.9 Å². The summed E-state index contributed by atoms with van der Waals surface area (Å²) in [6.07, 6.45) is 1.76. The number of ether oxygens (including phenoxy) is 1. The molecule has 0 saturated heterocycles. The summed E-state index contributed by atoms with van der Waals surface area (Å²) in [7, 11) is 0. The van der Waals surface area contributed by atoms with Crippen molar-refractivity contribution in [2.24, 2.45) is 5.92 Å². The zero-order valence-corrected chi connectivity index (χ0v) is 14.6. The highest BCUT2D eigenvalue weighted by Crippen LogP contribution is 2.36. The first kappa shape index (κ1) is 16.8. The van der Waals surface area contributed by atoms with Crippen molar-refractivity contribution in [3.63, 3.8) is 0 Å². The van der Waals surface area contributed by atoms with Gasteiger partial charge in [-0.05, 0) is 40.9 Å². The number of fused-ring (bicyclic) bond motifs is 1. The lowest BCUT2D eigenvalue weighted by molar-refractivity contribution is -0.141. The summed E-state index contributed by atoms with van der Waals surface area (Å²) < 4.78 is 5.89. The van der Waals surface area contributed by atoms with Gasteiger partial charge in [-0.15, -0.1) is 0 Å². The quantitative estimate of drug-likeness (QED) is 0.794. The predicted octanol–water partition coefficient (Wildman–Crippen LogP) is 2.11. The van der Waals surface area contributed by atoms with E-state index < -0.39 is 11.9 Å². The van der Waals surface area contributed by atoms with Crippen LogP contribution in [0.25, 0.3) is 0 Å². The Balaban J connectivity index is 1.87. The maximum Gasteiger partial charge on any atom is 0.308 e. The molecule has 1 unspecified atom stereocenters. The number of carboxylic acids is 1. The van der Waals surface area contributed by atoms with Crippen LogP contribution in [0, 0.1) is 5.92 Å². The largest absolute Gasteiger partial charge is 0.482 e. The molecule has 1 aliphatic carbocycles. The van der Waals surface area contributed by atoms with E-state index in [1.807, 2.05) is 0 Å². The Bertz CT molecular complexity index is 717. The fraction of sp³-hybridized carbons (Fsp3) is 0.438. The van der Waals surface area contributed by atoms with Gasteiger partial charge in [-0.3, -0.25) is 14.4 Å². The zero-order valence-electron chi connectivity index (χ0n) is 13.0. The molecule has 3 rings (SSSR count). The van der Waals surface area contributed by atoms with Gasteiger partial charge in [0.1, 0.15) is 5.75 Å². The number of carboxylic acid groups (broad SMARTS) is 1. The molecule has 1 fully saturated rings. The van der Waals surface area contributed by atoms with Crippen molar-refractivity contribution in [1.82, 2.24) is 4.90 Å². The van der Waals surface area contributed by atoms with Crippen molar-refractivity contribution in [3.05, 3.63) is 22.2 Å². The number of nitrogens with one attached hydrogen (secondary N) is 1. The van der Waals surface area contributed by atoms with Gasteiger partial charge in [0, 0.05) is 17.1 Å². The number of amides is 2. The van der Waals surface area contributed by atoms with Crippen LogP contribution in [0.2, 0.25) is 0 Å². The van der Waals surface area contributed by atoms with Crippen LogP contribution in [0.3, 0.4) is 0 Å². The minimum Gasteiger partial charge on any atom is -0.482 e. The van der Waals surface area contributed by atoms with Crippen molar-refractivity contribution in [1.29, 1.82) is 0 Å². The summed E-state index contributed by atoms with van der Waals surface area (Å²) in [6, 6.07) is 3.30. The van der Waals surface area contributed by atoms with E-state index in [2.05, 4.69) is 21.2 Å². The first-order chi connectivity index (χ1) is 11.4. The first-order valence-corrected chi connectivity index (χ1v) is 8.46. The molecule has 1 aromatic rings. The molecule has 0 bridgehead atoms. The molecular weight excluding hydrogens is 380 g/mol. The number of benzene rings is 1. The summed E-state index contributed by atoms with van der Waals surface area (Å²) in [4.78, 5) is 37.0. The molecule has 1 saturated carbocycles. The van der Waals surface area contributed by atoms with E-state index in [0.29, 0.717) is 21.5 Å². The van der Waals surface area contributed by atoms with Crippen LogP contribution in [-0.2, 0) is 9.59 Å². The van der Waals surface area contributed by atoms with E-state index >= 15 is 0 Å². The average molecular weight is 397 g/mol. The molecular formula is C16H17BrN2O5. The van der Waals surface area contributed by atoms with Gasteiger partial charge < -0.3 is 20.1 Å². The van der Waals surface area contributed by atoms with Gasteiger partial charge in [0.05, 0.1) is 17.2 Å². The van der Waals surface area contributed by atoms with E-state index in [4.69, 9.17) is 9.84 Å². The van der Waals surface area contributed by atoms with Gasteiger partial charge >= 0.3 is 5.97 Å². The Kier molecular flexibility index (Phi) is 4.49. The SMILES string of the molecule is CC(CN(C(=O)c1cc2c(cc1Br)NC(=O)CO2)C1CC1)C(=O)O. The van der Waals surface area contributed by atoms with Crippen LogP contribution in [0.1, 0.15) is 30.1 Å². The molecule has 2 N–H and O–H groups in total. The van der Waals surface area contributed by atoms with Crippen molar-refractivity contribution < 1.29 is 24.2 Å². The van der Waals surface area contributed by atoms with Gasteiger partial charge in [0.25, 0.3) is 11.8 Å². The number of anilines is 1. The van der Waals surface area contributed by atoms with Crippen LogP contribution in [0.5, 0.6) is 5.75 Å². The van der Waals surface area contributed by atoms with Gasteiger partial charge in [-0.2, -0.15) is 0 Å². The van der Waals surface area contributed by atoms with Gasteiger partial charge in [-0.1, -0.05) is 6.92 Å². The number of rotatable bonds is 5. The lowest BCUT2D eigenvalue weighted by Crippen LogP contribution is -2.38. The van der Waals surface area contributed by atoms with Crippen LogP contribution in [0.4, 0.5) is 5.69 Å². The molecule has 8 heteroatoms. The Hall–Kier alpha value is -2.09. The average Bonchev–Trinajstić information content (AvgIpc) is 3.35. The van der Waals surface area contributed by atoms with Crippen LogP contribution in [-0.4, -0.2) is 47.0 Å². The minimum absolute atomic E-state index is 0.0860. The summed E-state index contributed by atoms with van der Waals surface area (Å²) in [6.45, 7) is 1.66. The smallest absolute Gasteiger partial charge is 0.308 e. The monoisotopic (exact) mass is 396 g/mol. The topological polar surface area (TPSA) is 95.9 Å². The number of hydrogen-bond acceptors (Lipinski definition) is 4. The van der Waals surface area contributed by atoms with E-state index in [9.17, 15) is 14.4 Å². The molecule has 7 nitrogen and oxygen atoms in total. The number of nitrogens with zero attached hydrogens (tertiary/aromatic N) is 1.